The van der Waals surface area contributed by atoms with E-state index in [1.165, 1.54) is 27.1 Å². The number of hydrogen-bond acceptors (Lipinski definition) is 3. The van der Waals surface area contributed by atoms with Gasteiger partial charge in [0, 0.05) is 54.3 Å². The first kappa shape index (κ1) is 30.6. The zero-order valence-electron chi connectivity index (χ0n) is 30.5. The van der Waals surface area contributed by atoms with Crippen LogP contribution in [0.25, 0.3) is 121 Å². The van der Waals surface area contributed by atoms with Gasteiger partial charge in [-0.05, 0) is 52.6 Å². The van der Waals surface area contributed by atoms with Crippen molar-refractivity contribution < 1.29 is 4.42 Å². The Balaban J connectivity index is 1.20. The fourth-order valence-electron chi connectivity index (χ4n) is 9.49. The molecule has 13 aromatic rings. The van der Waals surface area contributed by atoms with Crippen molar-refractivity contribution in [2.45, 2.75) is 0 Å². The van der Waals surface area contributed by atoms with Crippen molar-refractivity contribution in [3.8, 4) is 22.9 Å². The van der Waals surface area contributed by atoms with E-state index < -0.39 is 0 Å². The summed E-state index contributed by atoms with van der Waals surface area (Å²) in [5.41, 5.74) is 9.89. The van der Waals surface area contributed by atoms with Gasteiger partial charge in [-0.3, -0.25) is 4.57 Å². The molecule has 0 N–H and O–H groups in total. The lowest BCUT2D eigenvalue weighted by Gasteiger charge is -2.13. The van der Waals surface area contributed by atoms with Crippen molar-refractivity contribution in [1.82, 2.24) is 19.1 Å². The fraction of sp³-hybridized carbons (Fsp3) is 0. The average molecular weight is 727 g/mol. The van der Waals surface area contributed by atoms with Crippen LogP contribution in [0.2, 0.25) is 0 Å². The van der Waals surface area contributed by atoms with E-state index in [0.717, 1.165) is 87.9 Å². The number of nitrogens with zero attached hydrogens (tertiary/aromatic N) is 4. The molecule has 0 aliphatic heterocycles. The topological polar surface area (TPSA) is 48.8 Å². The molecule has 4 heterocycles. The number of benzene rings is 9. The molecule has 4 aromatic heterocycles. The maximum atomic E-state index is 6.93. The Morgan fingerprint density at radius 1 is 0.404 bits per heavy atom. The number of para-hydroxylation sites is 4. The van der Waals surface area contributed by atoms with E-state index in [1.54, 1.807) is 0 Å². The van der Waals surface area contributed by atoms with E-state index in [2.05, 4.69) is 185 Å². The summed E-state index contributed by atoms with van der Waals surface area (Å²) < 4.78 is 11.6. The lowest BCUT2D eigenvalue weighted by atomic mass is 9.98. The molecule has 0 saturated carbocycles. The van der Waals surface area contributed by atoms with Crippen molar-refractivity contribution in [1.29, 1.82) is 0 Å². The molecule has 0 aliphatic rings. The summed E-state index contributed by atoms with van der Waals surface area (Å²) in [7, 11) is 0. The summed E-state index contributed by atoms with van der Waals surface area (Å²) in [5, 5.41) is 12.5. The summed E-state index contributed by atoms with van der Waals surface area (Å²) in [6.45, 7) is 0. The summed E-state index contributed by atoms with van der Waals surface area (Å²) in [6.07, 6.45) is 0. The molecule has 13 rings (SSSR count). The van der Waals surface area contributed by atoms with E-state index in [9.17, 15) is 0 Å². The second kappa shape index (κ2) is 11.4. The second-order valence-corrected chi connectivity index (χ2v) is 14.9. The van der Waals surface area contributed by atoms with Crippen LogP contribution in [0.1, 0.15) is 0 Å². The van der Waals surface area contributed by atoms with Crippen LogP contribution < -0.4 is 0 Å². The van der Waals surface area contributed by atoms with Gasteiger partial charge in [0.25, 0.3) is 0 Å². The van der Waals surface area contributed by atoms with Gasteiger partial charge in [0.1, 0.15) is 11.1 Å². The van der Waals surface area contributed by atoms with Crippen molar-refractivity contribution in [2.75, 3.05) is 0 Å². The first-order chi connectivity index (χ1) is 28.3. The number of fused-ring (bicyclic) bond motifs is 16. The average Bonchev–Trinajstić information content (AvgIpc) is 3.95. The molecule has 0 atom stereocenters. The highest BCUT2D eigenvalue weighted by atomic mass is 16.3. The molecule has 0 unspecified atom stereocenters. The SMILES string of the molecule is c1ccc(-n2c3ccccc3c3ccc(-c4nc(-n5c6c7ccccc7ccc6c6c7ccccc7c7c8ccccc8oc7c65)nc5ccccc45)cc32)cc1. The Morgan fingerprint density at radius 2 is 1.05 bits per heavy atom. The molecular formula is C52H30N4O. The number of hydrogen-bond donors (Lipinski definition) is 0. The first-order valence-electron chi connectivity index (χ1n) is 19.3. The van der Waals surface area contributed by atoms with Crippen molar-refractivity contribution in [3.63, 3.8) is 0 Å². The van der Waals surface area contributed by atoms with Crippen molar-refractivity contribution in [3.05, 3.63) is 182 Å². The Bertz CT molecular complexity index is 3810. The minimum Gasteiger partial charge on any atom is -0.454 e. The van der Waals surface area contributed by atoms with E-state index in [0.29, 0.717) is 5.95 Å². The summed E-state index contributed by atoms with van der Waals surface area (Å²) >= 11 is 0. The van der Waals surface area contributed by atoms with E-state index in [1.807, 2.05) is 6.07 Å². The quantitative estimate of drug-likeness (QED) is 0.182. The third kappa shape index (κ3) is 4.17. The van der Waals surface area contributed by atoms with Crippen molar-refractivity contribution >= 4 is 98.0 Å². The highest BCUT2D eigenvalue weighted by Crippen LogP contribution is 2.47. The normalized spacial score (nSPS) is 12.2. The van der Waals surface area contributed by atoms with E-state index in [-0.39, 0.29) is 0 Å². The molecule has 9 aromatic carbocycles. The Hall–Kier alpha value is -7.76. The van der Waals surface area contributed by atoms with Crippen LogP contribution in [-0.4, -0.2) is 19.1 Å². The lowest BCUT2D eigenvalue weighted by Crippen LogP contribution is -2.04. The van der Waals surface area contributed by atoms with E-state index >= 15 is 0 Å². The predicted octanol–water partition coefficient (Wildman–Crippen LogP) is 13.7. The molecule has 5 nitrogen and oxygen atoms in total. The van der Waals surface area contributed by atoms with Crippen LogP contribution >= 0.6 is 0 Å². The van der Waals surface area contributed by atoms with Crippen LogP contribution in [-0.2, 0) is 0 Å². The summed E-state index contributed by atoms with van der Waals surface area (Å²) in [5.74, 6) is 0.598. The smallest absolute Gasteiger partial charge is 0.235 e. The monoisotopic (exact) mass is 726 g/mol. The van der Waals surface area contributed by atoms with Crippen LogP contribution in [0, 0.1) is 0 Å². The van der Waals surface area contributed by atoms with Gasteiger partial charge in [-0.1, -0.05) is 146 Å². The minimum atomic E-state index is 0.598. The largest absolute Gasteiger partial charge is 0.454 e. The fourth-order valence-corrected chi connectivity index (χ4v) is 9.49. The van der Waals surface area contributed by atoms with Crippen LogP contribution in [0.5, 0.6) is 0 Å². The number of furan rings is 1. The van der Waals surface area contributed by atoms with Gasteiger partial charge >= 0.3 is 0 Å². The standard InChI is InChI=1S/C52H30N4O/c1-2-15-33(16-3-1)55-43-24-12-9-18-35(43)36-28-27-32(30-44(36)55)48-39-21-8-11-23-42(39)53-52(54-48)56-49-34-17-5-4-14-31(34)26-29-41(49)46-37-19-6-7-20-38(37)47-40-22-10-13-25-45(40)57-51(47)50(46)56/h1-30H. The molecule has 5 heteroatoms. The third-order valence-corrected chi connectivity index (χ3v) is 11.9. The zero-order chi connectivity index (χ0) is 37.2. The molecule has 0 fully saturated rings. The molecule has 0 bridgehead atoms. The summed E-state index contributed by atoms with van der Waals surface area (Å²) in [4.78, 5) is 11.0. The maximum Gasteiger partial charge on any atom is 0.235 e. The molecule has 0 aliphatic carbocycles. The molecule has 0 spiro atoms. The predicted molar refractivity (Wildman–Crippen MR) is 236 cm³/mol. The molecular weight excluding hydrogens is 697 g/mol. The van der Waals surface area contributed by atoms with Crippen LogP contribution in [0.4, 0.5) is 0 Å². The Kier molecular flexibility index (Phi) is 6.10. The summed E-state index contributed by atoms with van der Waals surface area (Å²) in [6, 6.07) is 64.6. The van der Waals surface area contributed by atoms with Crippen LogP contribution in [0.3, 0.4) is 0 Å². The number of aromatic nitrogens is 4. The molecule has 0 saturated heterocycles. The molecule has 264 valence electrons. The minimum absolute atomic E-state index is 0.598. The third-order valence-electron chi connectivity index (χ3n) is 11.9. The number of rotatable bonds is 3. The highest BCUT2D eigenvalue weighted by molar-refractivity contribution is 6.36. The van der Waals surface area contributed by atoms with Gasteiger partial charge in [0.15, 0.2) is 5.58 Å². The first-order valence-corrected chi connectivity index (χ1v) is 19.3. The van der Waals surface area contributed by atoms with E-state index in [4.69, 9.17) is 14.4 Å². The van der Waals surface area contributed by atoms with Gasteiger partial charge in [-0.25, -0.2) is 9.97 Å². The van der Waals surface area contributed by atoms with Crippen LogP contribution in [0.15, 0.2) is 186 Å². The Labute approximate surface area is 325 Å². The van der Waals surface area contributed by atoms with Gasteiger partial charge in [-0.2, -0.15) is 0 Å². The highest BCUT2D eigenvalue weighted by Gasteiger charge is 2.26. The zero-order valence-corrected chi connectivity index (χ0v) is 30.5. The maximum absolute atomic E-state index is 6.93. The van der Waals surface area contributed by atoms with Gasteiger partial charge < -0.3 is 8.98 Å². The molecule has 57 heavy (non-hydrogen) atoms. The lowest BCUT2D eigenvalue weighted by molar-refractivity contribution is 0.671. The van der Waals surface area contributed by atoms with Gasteiger partial charge in [-0.15, -0.1) is 0 Å². The van der Waals surface area contributed by atoms with Gasteiger partial charge in [0.05, 0.1) is 27.8 Å². The molecule has 0 radical (unpaired) electrons. The van der Waals surface area contributed by atoms with Crippen molar-refractivity contribution in [2.24, 2.45) is 0 Å². The van der Waals surface area contributed by atoms with Gasteiger partial charge in [0.2, 0.25) is 5.95 Å². The molecule has 0 amide bonds. The Morgan fingerprint density at radius 3 is 1.91 bits per heavy atom. The second-order valence-electron chi connectivity index (χ2n) is 14.9.